The number of aliphatic hydroxyl groups excluding tert-OH is 2. The first-order valence-electron chi connectivity index (χ1n) is 22.6. The molecule has 5 N–H and O–H groups in total. The number of ketones is 1. The third kappa shape index (κ3) is 15.2. The number of halogens is 1. The Morgan fingerprint density at radius 3 is 2.21 bits per heavy atom. The second-order valence-corrected chi connectivity index (χ2v) is 19.8. The molecule has 15 nitrogen and oxygen atoms in total. The molecule has 7 rings (SSSR count). The molecule has 2 saturated heterocycles. The minimum absolute atomic E-state index is 0.0455. The number of hydrogen-bond donors (Lipinski definition) is 5. The van der Waals surface area contributed by atoms with Crippen LogP contribution in [-0.2, 0) is 35.1 Å². The highest BCUT2D eigenvalue weighted by atomic mass is 35.5. The predicted molar refractivity (Wildman–Crippen MR) is 262 cm³/mol. The number of fused-ring (bicyclic) bond motifs is 2. The Bertz CT molecular complexity index is 2520. The van der Waals surface area contributed by atoms with Crippen molar-refractivity contribution in [1.29, 1.82) is 0 Å². The standard InChI is InChI=1S/C27H41NO6S.C20H15ClN4.C4H6O4/c1-15-9-8-10-27(7)22(34-27)12-20(16(2)11-19-14-35-18(4)28-19)33-23(30)13-21(29)26(5,6)25(32)17(3)24(15)31;21-15-5-7-16(8-6-15)23-20-18-4-2-1-3-17(18)19(24-25-20)13-14-9-11-22-12-10-14;5-3(6)1-2-4(7)8/h11,14-15,17,20-22,24,29,31H,8-10,12-13H2,1-7H3;1-12H,13H2,(H,23,25);1-2H2,(H,5,6)(H,7,8)/b16-11+;;/t15-,17+,20-,21-,22-,24-,27+;;/m0../s1. The lowest BCUT2D eigenvalue weighted by Crippen LogP contribution is -2.45. The molecule has 2 fully saturated rings. The van der Waals surface area contributed by atoms with Crippen LogP contribution in [0.1, 0.15) is 108 Å². The number of rotatable bonds is 9. The minimum atomic E-state index is -1.23. The van der Waals surface area contributed by atoms with Gasteiger partial charge in [0.05, 0.1) is 65.0 Å². The van der Waals surface area contributed by atoms with E-state index in [0.717, 1.165) is 75.5 Å². The molecule has 2 aliphatic rings. The number of aliphatic hydroxyl groups is 2. The van der Waals surface area contributed by atoms with E-state index < -0.39 is 47.6 Å². The average molecular weight is 973 g/mol. The Balaban J connectivity index is 0.000000227. The molecule has 0 saturated carbocycles. The van der Waals surface area contributed by atoms with Gasteiger partial charge in [0, 0.05) is 58.0 Å². The zero-order valence-electron chi connectivity index (χ0n) is 39.5. The van der Waals surface area contributed by atoms with Gasteiger partial charge in [0.1, 0.15) is 11.9 Å². The topological polar surface area (TPSA) is 235 Å². The number of carboxylic acid groups (broad SMARTS) is 2. The molecule has 0 bridgehead atoms. The molecule has 5 aromatic rings. The van der Waals surface area contributed by atoms with Crippen LogP contribution in [0.2, 0.25) is 5.02 Å². The molecular formula is C51H62ClN5O10S. The SMILES string of the molecule is C/C(=C\c1csc(C)n1)[C@@H]1C[C@@H]2O[C@]2(C)CCC[C@H](C)[C@H](O)[C@@H](C)C(=O)C(C)(C)[C@@H](O)CC(=O)O1.Clc1ccc(Nc2nnc(Cc3ccncc3)c3ccccc23)cc1.O=C(O)CCC(=O)O. The molecule has 3 aromatic heterocycles. The normalized spacial score (nSPS) is 24.2. The molecule has 0 unspecified atom stereocenters. The number of carboxylic acids is 2. The molecule has 2 aromatic carbocycles. The number of aryl methyl sites for hydroxylation is 1. The third-order valence-corrected chi connectivity index (χ3v) is 13.5. The van der Waals surface area contributed by atoms with Crippen molar-refractivity contribution in [2.24, 2.45) is 17.3 Å². The van der Waals surface area contributed by atoms with E-state index in [-0.39, 0.29) is 42.7 Å². The van der Waals surface area contributed by atoms with E-state index >= 15 is 0 Å². The van der Waals surface area contributed by atoms with Gasteiger partial charge in [-0.3, -0.25) is 24.2 Å². The third-order valence-electron chi connectivity index (χ3n) is 12.5. The fourth-order valence-electron chi connectivity index (χ4n) is 8.03. The average Bonchev–Trinajstić information content (AvgIpc) is 3.75. The number of aromatic nitrogens is 4. The molecular weight excluding hydrogens is 910 g/mol. The number of epoxide rings is 1. The van der Waals surface area contributed by atoms with E-state index in [1.807, 2.05) is 80.8 Å². The highest BCUT2D eigenvalue weighted by Crippen LogP contribution is 2.45. The number of anilines is 2. The van der Waals surface area contributed by atoms with Crippen molar-refractivity contribution in [2.75, 3.05) is 5.32 Å². The van der Waals surface area contributed by atoms with Gasteiger partial charge in [0.15, 0.2) is 5.82 Å². The van der Waals surface area contributed by atoms with Gasteiger partial charge in [0.25, 0.3) is 0 Å². The minimum Gasteiger partial charge on any atom is -0.481 e. The lowest BCUT2D eigenvalue weighted by molar-refractivity contribution is -0.154. The second kappa shape index (κ2) is 24.1. The Hall–Kier alpha value is -5.65. The van der Waals surface area contributed by atoms with E-state index in [2.05, 4.69) is 44.5 Å². The Kier molecular flexibility index (Phi) is 18.9. The summed E-state index contributed by atoms with van der Waals surface area (Å²) < 4.78 is 11.9. The number of thiazole rings is 1. The fourth-order valence-corrected chi connectivity index (χ4v) is 8.72. The summed E-state index contributed by atoms with van der Waals surface area (Å²) in [5, 5.41) is 55.4. The van der Waals surface area contributed by atoms with Crippen molar-refractivity contribution < 1.29 is 49.1 Å². The van der Waals surface area contributed by atoms with Crippen LogP contribution in [0.4, 0.5) is 11.5 Å². The number of nitrogens with zero attached hydrogens (tertiary/aromatic N) is 4. The van der Waals surface area contributed by atoms with E-state index in [1.165, 1.54) is 0 Å². The summed E-state index contributed by atoms with van der Waals surface area (Å²) in [6.45, 7) is 12.8. The second-order valence-electron chi connectivity index (χ2n) is 18.3. The van der Waals surface area contributed by atoms with Crippen molar-refractivity contribution in [1.82, 2.24) is 20.2 Å². The van der Waals surface area contributed by atoms with Crippen molar-refractivity contribution in [3.8, 4) is 0 Å². The van der Waals surface area contributed by atoms with Gasteiger partial charge < -0.3 is 35.2 Å². The largest absolute Gasteiger partial charge is 0.481 e. The maximum atomic E-state index is 13.2. The van der Waals surface area contributed by atoms with Crippen LogP contribution in [0.3, 0.4) is 0 Å². The van der Waals surface area contributed by atoms with Crippen LogP contribution in [0.15, 0.2) is 84.0 Å². The monoisotopic (exact) mass is 971 g/mol. The van der Waals surface area contributed by atoms with Gasteiger partial charge >= 0.3 is 17.9 Å². The molecule has 0 amide bonds. The maximum absolute atomic E-state index is 13.2. The van der Waals surface area contributed by atoms with Crippen molar-refractivity contribution in [3.63, 3.8) is 0 Å². The summed E-state index contributed by atoms with van der Waals surface area (Å²) in [7, 11) is 0. The number of nitrogens with one attached hydrogen (secondary N) is 1. The fraction of sp³-hybridized carbons (Fsp3) is 0.451. The first kappa shape index (κ1) is 53.3. The molecule has 0 radical (unpaired) electrons. The number of cyclic esters (lactones) is 1. The van der Waals surface area contributed by atoms with Crippen LogP contribution in [0.25, 0.3) is 16.8 Å². The zero-order valence-corrected chi connectivity index (χ0v) is 41.1. The molecule has 17 heteroatoms. The Labute approximate surface area is 406 Å². The number of aliphatic carboxylic acids is 2. The van der Waals surface area contributed by atoms with Gasteiger partial charge in [-0.1, -0.05) is 70.0 Å². The van der Waals surface area contributed by atoms with Crippen LogP contribution >= 0.6 is 22.9 Å². The van der Waals surface area contributed by atoms with Gasteiger partial charge in [-0.05, 0) is 93.1 Å². The van der Waals surface area contributed by atoms with Crippen molar-refractivity contribution in [3.05, 3.63) is 111 Å². The molecule has 7 atom stereocenters. The number of ether oxygens (including phenoxy) is 2. The summed E-state index contributed by atoms with van der Waals surface area (Å²) >= 11 is 7.51. The summed E-state index contributed by atoms with van der Waals surface area (Å²) in [5.41, 5.74) is 3.21. The van der Waals surface area contributed by atoms with Crippen molar-refractivity contribution in [2.45, 2.75) is 130 Å². The predicted octanol–water partition coefficient (Wildman–Crippen LogP) is 9.43. The van der Waals surface area contributed by atoms with E-state index in [1.54, 1.807) is 44.5 Å². The Morgan fingerprint density at radius 1 is 0.941 bits per heavy atom. The van der Waals surface area contributed by atoms with Gasteiger partial charge in [-0.25, -0.2) is 4.98 Å². The molecule has 0 spiro atoms. The van der Waals surface area contributed by atoms with Crippen LogP contribution in [-0.4, -0.2) is 94.3 Å². The summed E-state index contributed by atoms with van der Waals surface area (Å²) in [5.74, 6) is -2.97. The lowest BCUT2D eigenvalue weighted by atomic mass is 9.73. The lowest BCUT2D eigenvalue weighted by Gasteiger charge is -2.34. The first-order chi connectivity index (χ1) is 32.2. The van der Waals surface area contributed by atoms with Gasteiger partial charge in [0.2, 0.25) is 0 Å². The van der Waals surface area contributed by atoms with E-state index in [9.17, 15) is 29.4 Å². The molecule has 68 heavy (non-hydrogen) atoms. The highest BCUT2D eigenvalue weighted by Gasteiger charge is 2.53. The first-order valence-corrected chi connectivity index (χ1v) is 23.9. The van der Waals surface area contributed by atoms with E-state index in [4.69, 9.17) is 31.3 Å². The molecule has 5 heterocycles. The number of hydrogen-bond acceptors (Lipinski definition) is 14. The number of Topliss-reactive ketones (excluding diaryl/α,β-unsaturated/α-hetero) is 1. The number of pyridine rings is 1. The highest BCUT2D eigenvalue weighted by molar-refractivity contribution is 7.09. The molecule has 2 aliphatic heterocycles. The number of esters is 1. The molecule has 364 valence electrons. The van der Waals surface area contributed by atoms with Crippen LogP contribution in [0.5, 0.6) is 0 Å². The summed E-state index contributed by atoms with van der Waals surface area (Å²) in [6.07, 6.45) is 5.70. The number of carbonyl (C=O) groups is 4. The summed E-state index contributed by atoms with van der Waals surface area (Å²) in [6, 6.07) is 19.7. The van der Waals surface area contributed by atoms with Crippen LogP contribution < -0.4 is 5.32 Å². The maximum Gasteiger partial charge on any atom is 0.309 e. The summed E-state index contributed by atoms with van der Waals surface area (Å²) in [4.78, 5) is 54.0. The van der Waals surface area contributed by atoms with E-state index in [0.29, 0.717) is 11.4 Å². The van der Waals surface area contributed by atoms with Crippen molar-refractivity contribution >= 4 is 75.0 Å². The van der Waals surface area contributed by atoms with Crippen LogP contribution in [0, 0.1) is 24.2 Å². The molecule has 0 aliphatic carbocycles. The number of benzene rings is 2. The quantitative estimate of drug-likeness (QED) is 0.0683. The smallest absolute Gasteiger partial charge is 0.309 e. The van der Waals surface area contributed by atoms with Gasteiger partial charge in [-0.2, -0.15) is 5.10 Å². The number of carbonyl (C=O) groups excluding carboxylic acids is 2. The Morgan fingerprint density at radius 2 is 1.59 bits per heavy atom. The van der Waals surface area contributed by atoms with Gasteiger partial charge in [-0.15, -0.1) is 16.4 Å². The zero-order chi connectivity index (χ0) is 49.8.